The number of carbonyl (C=O) groups is 1. The molecule has 2 atom stereocenters. The van der Waals surface area contributed by atoms with Gasteiger partial charge in [0.25, 0.3) is 0 Å². The minimum absolute atomic E-state index is 0.00501. The minimum atomic E-state index is -3.38. The van der Waals surface area contributed by atoms with Gasteiger partial charge in [-0.3, -0.25) is 4.79 Å². The lowest BCUT2D eigenvalue weighted by Crippen LogP contribution is -2.32. The van der Waals surface area contributed by atoms with Gasteiger partial charge in [0, 0.05) is 18.5 Å². The number of fused-ring (bicyclic) bond motifs is 2. The first-order chi connectivity index (χ1) is 12.2. The normalized spacial score (nSPS) is 32.7. The molecule has 5 heteroatoms. The molecule has 3 aliphatic rings. The van der Waals surface area contributed by atoms with Gasteiger partial charge in [0.2, 0.25) is 10.0 Å². The summed E-state index contributed by atoms with van der Waals surface area (Å²) in [5, 5.41) is 0. The van der Waals surface area contributed by atoms with E-state index in [-0.39, 0.29) is 16.6 Å². The Balaban J connectivity index is 1.63. The average Bonchev–Trinajstić information content (AvgIpc) is 3.24. The van der Waals surface area contributed by atoms with Crippen LogP contribution in [-0.2, 0) is 14.8 Å². The Labute approximate surface area is 156 Å². The summed E-state index contributed by atoms with van der Waals surface area (Å²) < 4.78 is 26.8. The second-order valence-corrected chi connectivity index (χ2v) is 10.7. The number of hydrogen-bond acceptors (Lipinski definition) is 3. The highest BCUT2D eigenvalue weighted by Gasteiger charge is 2.63. The van der Waals surface area contributed by atoms with E-state index in [4.69, 9.17) is 0 Å². The Hall–Kier alpha value is -1.46. The van der Waals surface area contributed by atoms with Gasteiger partial charge in [-0.25, -0.2) is 8.42 Å². The molecule has 0 N–H and O–H groups in total. The second-order valence-electron chi connectivity index (χ2n) is 8.75. The summed E-state index contributed by atoms with van der Waals surface area (Å²) in [6, 6.07) is 6.99. The first kappa shape index (κ1) is 17.9. The monoisotopic (exact) mass is 373 g/mol. The molecular formula is C21H27NO3S. The average molecular weight is 374 g/mol. The van der Waals surface area contributed by atoms with Gasteiger partial charge in [0.1, 0.15) is 0 Å². The maximum absolute atomic E-state index is 12.9. The molecule has 2 aliphatic carbocycles. The van der Waals surface area contributed by atoms with E-state index in [9.17, 15) is 13.2 Å². The molecule has 2 unspecified atom stereocenters. The number of nitrogens with zero attached hydrogens (tertiary/aromatic N) is 1. The lowest BCUT2D eigenvalue weighted by Gasteiger charge is -2.31. The van der Waals surface area contributed by atoms with Crippen molar-refractivity contribution in [3.05, 3.63) is 35.4 Å². The van der Waals surface area contributed by atoms with Crippen LogP contribution in [-0.4, -0.2) is 31.6 Å². The van der Waals surface area contributed by atoms with Crippen LogP contribution in [0.4, 0.5) is 0 Å². The van der Waals surface area contributed by atoms with E-state index >= 15 is 0 Å². The maximum Gasteiger partial charge on any atom is 0.243 e. The van der Waals surface area contributed by atoms with Crippen molar-refractivity contribution in [1.29, 1.82) is 0 Å². The van der Waals surface area contributed by atoms with Gasteiger partial charge in [-0.05, 0) is 66.4 Å². The fourth-order valence-corrected chi connectivity index (χ4v) is 6.60. The highest BCUT2D eigenvalue weighted by Crippen LogP contribution is 2.65. The highest BCUT2D eigenvalue weighted by atomic mass is 32.2. The van der Waals surface area contributed by atoms with E-state index in [2.05, 4.69) is 20.8 Å². The molecule has 0 radical (unpaired) electrons. The molecule has 1 aromatic carbocycles. The molecule has 140 valence electrons. The van der Waals surface area contributed by atoms with Crippen LogP contribution < -0.4 is 0 Å². The molecular weight excluding hydrogens is 346 g/mol. The van der Waals surface area contributed by atoms with E-state index < -0.39 is 10.0 Å². The Bertz CT molecular complexity index is 876. The number of allylic oxidation sites excluding steroid dienone is 1. The molecule has 4 nitrogen and oxygen atoms in total. The largest absolute Gasteiger partial charge is 0.294 e. The van der Waals surface area contributed by atoms with Crippen molar-refractivity contribution in [2.45, 2.75) is 51.3 Å². The molecule has 4 rings (SSSR count). The summed E-state index contributed by atoms with van der Waals surface area (Å²) in [5.74, 6) is 0.570. The molecule has 0 spiro atoms. The number of ketones is 1. The quantitative estimate of drug-likeness (QED) is 0.756. The molecule has 1 aliphatic heterocycles. The molecule has 1 aromatic rings. The van der Waals surface area contributed by atoms with E-state index in [0.717, 1.165) is 36.8 Å². The third-order valence-electron chi connectivity index (χ3n) is 7.27. The molecule has 2 bridgehead atoms. The van der Waals surface area contributed by atoms with Crippen LogP contribution in [0.3, 0.4) is 0 Å². The van der Waals surface area contributed by atoms with Crippen LogP contribution in [0.1, 0.15) is 52.0 Å². The van der Waals surface area contributed by atoms with E-state index in [0.29, 0.717) is 23.9 Å². The van der Waals surface area contributed by atoms with Gasteiger partial charge < -0.3 is 0 Å². The Morgan fingerprint density at radius 3 is 2.23 bits per heavy atom. The van der Waals surface area contributed by atoms with Crippen molar-refractivity contribution < 1.29 is 13.2 Å². The zero-order valence-electron chi connectivity index (χ0n) is 15.8. The summed E-state index contributed by atoms with van der Waals surface area (Å²) in [5.41, 5.74) is 1.55. The lowest BCUT2D eigenvalue weighted by atomic mass is 9.70. The van der Waals surface area contributed by atoms with Crippen LogP contribution in [0, 0.1) is 16.7 Å². The lowest BCUT2D eigenvalue weighted by molar-refractivity contribution is -0.125. The maximum atomic E-state index is 12.9. The SMILES string of the molecule is CC12CCC(C(=Cc3ccc(S(=O)(=O)N4CCCC4)cc3)C1=O)C2(C)C. The zero-order chi connectivity index (χ0) is 18.7. The van der Waals surface area contributed by atoms with Gasteiger partial charge in [-0.15, -0.1) is 0 Å². The third-order valence-corrected chi connectivity index (χ3v) is 9.18. The Morgan fingerprint density at radius 2 is 1.69 bits per heavy atom. The van der Waals surface area contributed by atoms with Gasteiger partial charge in [0.05, 0.1) is 4.90 Å². The summed E-state index contributed by atoms with van der Waals surface area (Å²) in [6.45, 7) is 7.72. The predicted octanol–water partition coefficient (Wildman–Crippen LogP) is 3.88. The third kappa shape index (κ3) is 2.36. The van der Waals surface area contributed by atoms with Crippen molar-refractivity contribution in [2.24, 2.45) is 16.7 Å². The van der Waals surface area contributed by atoms with Crippen LogP contribution in [0.15, 0.2) is 34.7 Å². The highest BCUT2D eigenvalue weighted by molar-refractivity contribution is 7.89. The zero-order valence-corrected chi connectivity index (χ0v) is 16.6. The Kier molecular flexibility index (Phi) is 3.98. The molecule has 1 saturated heterocycles. The summed E-state index contributed by atoms with van der Waals surface area (Å²) in [7, 11) is -3.38. The molecule has 26 heavy (non-hydrogen) atoms. The van der Waals surface area contributed by atoms with Crippen LogP contribution in [0.25, 0.3) is 6.08 Å². The van der Waals surface area contributed by atoms with Crippen molar-refractivity contribution in [3.63, 3.8) is 0 Å². The summed E-state index contributed by atoms with van der Waals surface area (Å²) in [6.07, 6.45) is 5.87. The topological polar surface area (TPSA) is 54.5 Å². The first-order valence-electron chi connectivity index (χ1n) is 9.54. The molecule has 2 saturated carbocycles. The van der Waals surface area contributed by atoms with Crippen LogP contribution >= 0.6 is 0 Å². The Morgan fingerprint density at radius 1 is 1.08 bits per heavy atom. The molecule has 1 heterocycles. The summed E-state index contributed by atoms with van der Waals surface area (Å²) >= 11 is 0. The van der Waals surface area contributed by atoms with Gasteiger partial charge in [-0.1, -0.05) is 32.9 Å². The van der Waals surface area contributed by atoms with Gasteiger partial charge in [-0.2, -0.15) is 4.31 Å². The van der Waals surface area contributed by atoms with Crippen molar-refractivity contribution in [2.75, 3.05) is 13.1 Å². The van der Waals surface area contributed by atoms with E-state index in [1.165, 1.54) is 0 Å². The van der Waals surface area contributed by atoms with Crippen molar-refractivity contribution >= 4 is 21.9 Å². The van der Waals surface area contributed by atoms with Crippen LogP contribution in [0.5, 0.6) is 0 Å². The van der Waals surface area contributed by atoms with Gasteiger partial charge in [0.15, 0.2) is 5.78 Å². The van der Waals surface area contributed by atoms with Crippen molar-refractivity contribution in [1.82, 2.24) is 4.31 Å². The molecule has 3 fully saturated rings. The van der Waals surface area contributed by atoms with Gasteiger partial charge >= 0.3 is 0 Å². The number of carbonyl (C=O) groups excluding carboxylic acids is 1. The number of benzene rings is 1. The number of sulfonamides is 1. The predicted molar refractivity (Wildman–Crippen MR) is 102 cm³/mol. The fraction of sp³-hybridized carbons (Fsp3) is 0.571. The van der Waals surface area contributed by atoms with Crippen LogP contribution in [0.2, 0.25) is 0 Å². The van der Waals surface area contributed by atoms with Crippen molar-refractivity contribution in [3.8, 4) is 0 Å². The minimum Gasteiger partial charge on any atom is -0.294 e. The number of rotatable bonds is 3. The van der Waals surface area contributed by atoms with E-state index in [1.54, 1.807) is 16.4 Å². The van der Waals surface area contributed by atoms with E-state index in [1.807, 2.05) is 18.2 Å². The first-order valence-corrected chi connectivity index (χ1v) is 11.0. The smallest absolute Gasteiger partial charge is 0.243 e. The molecule has 0 amide bonds. The fourth-order valence-electron chi connectivity index (χ4n) is 5.09. The number of hydrogen-bond donors (Lipinski definition) is 0. The number of Topliss-reactive ketones (excluding diaryl/α,β-unsaturated/α-hetero) is 1. The standard InChI is InChI=1S/C21H27NO3S/c1-20(2)18-10-11-21(20,3)19(23)17(18)14-15-6-8-16(9-7-15)26(24,25)22-12-4-5-13-22/h6-9,14,18H,4-5,10-13H2,1-3H3. The summed E-state index contributed by atoms with van der Waals surface area (Å²) in [4.78, 5) is 13.3. The second kappa shape index (κ2) is 5.77. The molecule has 0 aromatic heterocycles.